The minimum atomic E-state index is -0.902. The molecule has 1 N–H and O–H groups in total. The van der Waals surface area contributed by atoms with Crippen molar-refractivity contribution in [2.45, 2.75) is 19.9 Å². The molecule has 2 rings (SSSR count). The zero-order valence-electron chi connectivity index (χ0n) is 9.92. The Morgan fingerprint density at radius 1 is 1.41 bits per heavy atom. The molecule has 0 aromatic carbocycles. The van der Waals surface area contributed by atoms with Crippen LogP contribution in [0.25, 0.3) is 11.4 Å². The van der Waals surface area contributed by atoms with Gasteiger partial charge in [0.25, 0.3) is 0 Å². The van der Waals surface area contributed by atoms with Gasteiger partial charge < -0.3 is 9.67 Å². The van der Waals surface area contributed by atoms with Crippen LogP contribution >= 0.6 is 0 Å². The quantitative estimate of drug-likeness (QED) is 0.878. The highest BCUT2D eigenvalue weighted by Crippen LogP contribution is 2.21. The van der Waals surface area contributed by atoms with Crippen LogP contribution in [0, 0.1) is 0 Å². The fourth-order valence-corrected chi connectivity index (χ4v) is 1.89. The number of aromatic nitrogens is 3. The van der Waals surface area contributed by atoms with E-state index in [4.69, 9.17) is 5.11 Å². The van der Waals surface area contributed by atoms with Crippen molar-refractivity contribution in [3.05, 3.63) is 30.1 Å². The molecule has 2 heterocycles. The Labute approximate surface area is 99.3 Å². The van der Waals surface area contributed by atoms with E-state index in [9.17, 15) is 4.79 Å². The number of hydrogen-bond acceptors (Lipinski definition) is 2. The predicted molar refractivity (Wildman–Crippen MR) is 63.9 cm³/mol. The first-order valence-electron chi connectivity index (χ1n) is 5.56. The lowest BCUT2D eigenvalue weighted by Crippen LogP contribution is -2.09. The number of aryl methyl sites for hydroxylation is 1. The van der Waals surface area contributed by atoms with Gasteiger partial charge in [-0.2, -0.15) is 5.10 Å². The Morgan fingerprint density at radius 3 is 2.71 bits per heavy atom. The molecule has 0 amide bonds. The van der Waals surface area contributed by atoms with E-state index < -0.39 is 5.97 Å². The van der Waals surface area contributed by atoms with Gasteiger partial charge in [-0.3, -0.25) is 4.68 Å². The van der Waals surface area contributed by atoms with E-state index in [2.05, 4.69) is 5.10 Å². The smallest absolute Gasteiger partial charge is 0.352 e. The van der Waals surface area contributed by atoms with E-state index >= 15 is 0 Å². The Hall–Kier alpha value is -2.04. The average Bonchev–Trinajstić information content (AvgIpc) is 2.85. The monoisotopic (exact) mass is 233 g/mol. The van der Waals surface area contributed by atoms with Crippen LogP contribution in [0.5, 0.6) is 0 Å². The predicted octanol–water partition coefficient (Wildman–Crippen LogP) is 2.00. The summed E-state index contributed by atoms with van der Waals surface area (Å²) in [7, 11) is 1.84. The molecular formula is C12H15N3O2. The first-order chi connectivity index (χ1) is 8.13. The summed E-state index contributed by atoms with van der Waals surface area (Å²) in [5.41, 5.74) is 1.96. The highest BCUT2D eigenvalue weighted by Gasteiger charge is 2.15. The van der Waals surface area contributed by atoms with Crippen LogP contribution in [0.3, 0.4) is 0 Å². The van der Waals surface area contributed by atoms with E-state index in [0.29, 0.717) is 12.2 Å². The van der Waals surface area contributed by atoms with Gasteiger partial charge in [-0.15, -0.1) is 0 Å². The average molecular weight is 233 g/mol. The fourth-order valence-electron chi connectivity index (χ4n) is 1.89. The summed E-state index contributed by atoms with van der Waals surface area (Å²) >= 11 is 0. The second kappa shape index (κ2) is 4.45. The summed E-state index contributed by atoms with van der Waals surface area (Å²) in [5.74, 6) is -0.902. The number of rotatable bonds is 4. The van der Waals surface area contributed by atoms with Gasteiger partial charge in [-0.1, -0.05) is 6.92 Å². The fraction of sp³-hybridized carbons (Fsp3) is 0.333. The first-order valence-corrected chi connectivity index (χ1v) is 5.56. The molecule has 0 aliphatic carbocycles. The van der Waals surface area contributed by atoms with Crippen LogP contribution in [0.2, 0.25) is 0 Å². The van der Waals surface area contributed by atoms with Crippen LogP contribution in [0.4, 0.5) is 0 Å². The first kappa shape index (κ1) is 11.4. The summed E-state index contributed by atoms with van der Waals surface area (Å²) in [6.07, 6.45) is 2.73. The van der Waals surface area contributed by atoms with Gasteiger partial charge in [0.1, 0.15) is 11.4 Å². The van der Waals surface area contributed by atoms with Crippen molar-refractivity contribution in [2.75, 3.05) is 0 Å². The van der Waals surface area contributed by atoms with Crippen molar-refractivity contribution in [1.82, 2.24) is 14.3 Å². The number of carboxylic acid groups (broad SMARTS) is 1. The van der Waals surface area contributed by atoms with E-state index in [0.717, 1.165) is 17.8 Å². The number of nitrogens with zero attached hydrogens (tertiary/aromatic N) is 3. The number of carbonyl (C=O) groups is 1. The lowest BCUT2D eigenvalue weighted by molar-refractivity contribution is 0.0685. The van der Waals surface area contributed by atoms with Crippen LogP contribution in [-0.4, -0.2) is 25.4 Å². The number of hydrogen-bond donors (Lipinski definition) is 1. The van der Waals surface area contributed by atoms with Crippen molar-refractivity contribution in [3.63, 3.8) is 0 Å². The lowest BCUT2D eigenvalue weighted by Gasteiger charge is -2.08. The number of carboxylic acids is 1. The Kier molecular flexibility index (Phi) is 2.99. The standard InChI is InChI=1S/C12H15N3O2/c1-3-7-15-10(4-5-11(15)12(16)17)9-6-8-14(2)13-9/h4-6,8H,3,7H2,1-2H3,(H,16,17). The molecule has 0 radical (unpaired) electrons. The van der Waals surface area contributed by atoms with Gasteiger partial charge in [0.05, 0.1) is 5.69 Å². The third-order valence-electron chi connectivity index (χ3n) is 2.62. The SMILES string of the molecule is CCCn1c(C(=O)O)ccc1-c1ccn(C)n1. The maximum atomic E-state index is 11.1. The maximum Gasteiger partial charge on any atom is 0.352 e. The molecular weight excluding hydrogens is 218 g/mol. The molecule has 0 saturated carbocycles. The Balaban J connectivity index is 2.50. The van der Waals surface area contributed by atoms with Gasteiger partial charge in [0, 0.05) is 19.8 Å². The van der Waals surface area contributed by atoms with Crippen molar-refractivity contribution in [3.8, 4) is 11.4 Å². The molecule has 0 fully saturated rings. The molecule has 2 aromatic rings. The largest absolute Gasteiger partial charge is 0.477 e. The molecule has 17 heavy (non-hydrogen) atoms. The van der Waals surface area contributed by atoms with E-state index in [1.807, 2.05) is 26.2 Å². The Bertz CT molecular complexity index is 540. The molecule has 0 saturated heterocycles. The highest BCUT2D eigenvalue weighted by molar-refractivity contribution is 5.87. The van der Waals surface area contributed by atoms with Gasteiger partial charge in [0.15, 0.2) is 0 Å². The van der Waals surface area contributed by atoms with E-state index in [1.165, 1.54) is 0 Å². The van der Waals surface area contributed by atoms with Crippen LogP contribution < -0.4 is 0 Å². The lowest BCUT2D eigenvalue weighted by atomic mass is 10.3. The normalized spacial score (nSPS) is 10.7. The van der Waals surface area contributed by atoms with Gasteiger partial charge in [-0.05, 0) is 24.6 Å². The summed E-state index contributed by atoms with van der Waals surface area (Å²) in [4.78, 5) is 11.1. The van der Waals surface area contributed by atoms with Crippen LogP contribution in [0.1, 0.15) is 23.8 Å². The second-order valence-corrected chi connectivity index (χ2v) is 3.94. The summed E-state index contributed by atoms with van der Waals surface area (Å²) in [6.45, 7) is 2.70. The van der Waals surface area contributed by atoms with Gasteiger partial charge in [0.2, 0.25) is 0 Å². The van der Waals surface area contributed by atoms with Gasteiger partial charge in [-0.25, -0.2) is 4.79 Å². The van der Waals surface area contributed by atoms with Crippen molar-refractivity contribution in [2.24, 2.45) is 7.05 Å². The molecule has 0 aliphatic rings. The summed E-state index contributed by atoms with van der Waals surface area (Å²) in [6, 6.07) is 5.32. The van der Waals surface area contributed by atoms with Crippen molar-refractivity contribution in [1.29, 1.82) is 0 Å². The third kappa shape index (κ3) is 2.08. The van der Waals surface area contributed by atoms with E-state index in [-0.39, 0.29) is 0 Å². The zero-order chi connectivity index (χ0) is 12.4. The molecule has 0 bridgehead atoms. The maximum absolute atomic E-state index is 11.1. The van der Waals surface area contributed by atoms with Crippen molar-refractivity contribution < 1.29 is 9.90 Å². The third-order valence-corrected chi connectivity index (χ3v) is 2.62. The molecule has 0 aliphatic heterocycles. The van der Waals surface area contributed by atoms with E-state index in [1.54, 1.807) is 21.4 Å². The van der Waals surface area contributed by atoms with Crippen LogP contribution in [0.15, 0.2) is 24.4 Å². The van der Waals surface area contributed by atoms with Gasteiger partial charge >= 0.3 is 5.97 Å². The molecule has 5 heteroatoms. The topological polar surface area (TPSA) is 60.1 Å². The molecule has 0 spiro atoms. The Morgan fingerprint density at radius 2 is 2.18 bits per heavy atom. The molecule has 0 unspecified atom stereocenters. The molecule has 5 nitrogen and oxygen atoms in total. The molecule has 90 valence electrons. The summed E-state index contributed by atoms with van der Waals surface area (Å²) < 4.78 is 3.50. The minimum Gasteiger partial charge on any atom is -0.477 e. The molecule has 2 aromatic heterocycles. The second-order valence-electron chi connectivity index (χ2n) is 3.94. The highest BCUT2D eigenvalue weighted by atomic mass is 16.4. The minimum absolute atomic E-state index is 0.313. The van der Waals surface area contributed by atoms with Crippen LogP contribution in [-0.2, 0) is 13.6 Å². The molecule has 0 atom stereocenters. The zero-order valence-corrected chi connectivity index (χ0v) is 9.92. The van der Waals surface area contributed by atoms with Crippen molar-refractivity contribution >= 4 is 5.97 Å². The summed E-state index contributed by atoms with van der Waals surface area (Å²) in [5, 5.41) is 13.4. The number of aromatic carboxylic acids is 1.